The molecule has 122 valence electrons. The van der Waals surface area contributed by atoms with E-state index in [1.54, 1.807) is 6.20 Å². The van der Waals surface area contributed by atoms with Crippen molar-refractivity contribution in [2.24, 2.45) is 0 Å². The Labute approximate surface area is 137 Å². The minimum atomic E-state index is 0.0309. The number of aryl methyl sites for hydroxylation is 1. The molecule has 6 nitrogen and oxygen atoms in total. The number of nitrogens with zero attached hydrogens (tertiary/aromatic N) is 5. The number of anilines is 2. The molecule has 1 aliphatic rings. The molecule has 0 spiro atoms. The summed E-state index contributed by atoms with van der Waals surface area (Å²) >= 11 is 0. The molecule has 1 aliphatic heterocycles. The highest BCUT2D eigenvalue weighted by atomic mass is 15.3. The number of hydrogen-bond acceptors (Lipinski definition) is 6. The Balaban J connectivity index is 1.63. The van der Waals surface area contributed by atoms with Gasteiger partial charge in [-0.3, -0.25) is 0 Å². The lowest BCUT2D eigenvalue weighted by molar-refractivity contribution is 0.558. The summed E-state index contributed by atoms with van der Waals surface area (Å²) in [6.07, 6.45) is 2.83. The first-order chi connectivity index (χ1) is 10.9. The number of rotatable bonds is 3. The lowest BCUT2D eigenvalue weighted by Crippen LogP contribution is -2.27. The summed E-state index contributed by atoms with van der Waals surface area (Å²) < 4.78 is 0. The molecule has 0 saturated carbocycles. The smallest absolute Gasteiger partial charge is 0.223 e. The van der Waals surface area contributed by atoms with Crippen molar-refractivity contribution in [2.45, 2.75) is 45.6 Å². The first-order valence-electron chi connectivity index (χ1n) is 8.07. The summed E-state index contributed by atoms with van der Waals surface area (Å²) in [6.45, 7) is 10.3. The van der Waals surface area contributed by atoms with Gasteiger partial charge in [0.15, 0.2) is 5.82 Å². The van der Waals surface area contributed by atoms with Gasteiger partial charge in [-0.25, -0.2) is 9.97 Å². The maximum atomic E-state index is 4.40. The first kappa shape index (κ1) is 15.6. The highest BCUT2D eigenvalue weighted by Crippen LogP contribution is 2.23. The van der Waals surface area contributed by atoms with Crippen LogP contribution in [0.3, 0.4) is 0 Å². The molecule has 2 aromatic heterocycles. The molecule has 3 rings (SSSR count). The van der Waals surface area contributed by atoms with Crippen molar-refractivity contribution in [3.05, 3.63) is 35.8 Å². The Kier molecular flexibility index (Phi) is 4.15. The van der Waals surface area contributed by atoms with Crippen LogP contribution in [0.2, 0.25) is 0 Å². The van der Waals surface area contributed by atoms with Gasteiger partial charge in [-0.15, -0.1) is 5.10 Å². The molecule has 1 unspecified atom stereocenters. The molecule has 3 heterocycles. The summed E-state index contributed by atoms with van der Waals surface area (Å²) in [5, 5.41) is 12.2. The van der Waals surface area contributed by atoms with Crippen LogP contribution in [0.1, 0.15) is 38.6 Å². The number of hydrogen-bond donors (Lipinski definition) is 1. The van der Waals surface area contributed by atoms with Gasteiger partial charge in [0.1, 0.15) is 0 Å². The SMILES string of the molecule is Cc1ccnc(NC2CCN(c3ccc(C(C)(C)C)nn3)C2)n1. The van der Waals surface area contributed by atoms with Crippen molar-refractivity contribution in [3.63, 3.8) is 0 Å². The van der Waals surface area contributed by atoms with E-state index >= 15 is 0 Å². The molecule has 23 heavy (non-hydrogen) atoms. The zero-order valence-electron chi connectivity index (χ0n) is 14.2. The van der Waals surface area contributed by atoms with E-state index in [1.807, 2.05) is 13.0 Å². The van der Waals surface area contributed by atoms with Crippen LogP contribution in [0.25, 0.3) is 0 Å². The van der Waals surface area contributed by atoms with E-state index < -0.39 is 0 Å². The van der Waals surface area contributed by atoms with E-state index in [9.17, 15) is 0 Å². The van der Waals surface area contributed by atoms with Gasteiger partial charge in [0.2, 0.25) is 5.95 Å². The predicted molar refractivity (Wildman–Crippen MR) is 91.7 cm³/mol. The molecule has 0 aromatic carbocycles. The first-order valence-corrected chi connectivity index (χ1v) is 8.07. The normalized spacial score (nSPS) is 18.3. The Morgan fingerprint density at radius 2 is 2.00 bits per heavy atom. The van der Waals surface area contributed by atoms with Crippen LogP contribution in [-0.4, -0.2) is 39.3 Å². The van der Waals surface area contributed by atoms with Crippen LogP contribution in [0.4, 0.5) is 11.8 Å². The van der Waals surface area contributed by atoms with E-state index in [-0.39, 0.29) is 5.41 Å². The topological polar surface area (TPSA) is 66.8 Å². The number of aromatic nitrogens is 4. The van der Waals surface area contributed by atoms with Crippen LogP contribution in [-0.2, 0) is 5.41 Å². The Hall–Kier alpha value is -2.24. The van der Waals surface area contributed by atoms with Crippen LogP contribution < -0.4 is 10.2 Å². The van der Waals surface area contributed by atoms with Gasteiger partial charge < -0.3 is 10.2 Å². The zero-order chi connectivity index (χ0) is 16.4. The zero-order valence-corrected chi connectivity index (χ0v) is 14.2. The Morgan fingerprint density at radius 1 is 1.17 bits per heavy atom. The fourth-order valence-electron chi connectivity index (χ4n) is 2.68. The van der Waals surface area contributed by atoms with Gasteiger partial charge in [0.05, 0.1) is 5.69 Å². The highest BCUT2D eigenvalue weighted by Gasteiger charge is 2.25. The lowest BCUT2D eigenvalue weighted by atomic mass is 9.92. The van der Waals surface area contributed by atoms with Crippen LogP contribution >= 0.6 is 0 Å². The van der Waals surface area contributed by atoms with E-state index in [0.29, 0.717) is 12.0 Å². The van der Waals surface area contributed by atoms with E-state index in [2.05, 4.69) is 63.3 Å². The fourth-order valence-corrected chi connectivity index (χ4v) is 2.68. The fraction of sp³-hybridized carbons (Fsp3) is 0.529. The number of nitrogens with one attached hydrogen (secondary N) is 1. The van der Waals surface area contributed by atoms with E-state index in [1.165, 1.54) is 0 Å². The van der Waals surface area contributed by atoms with E-state index in [0.717, 1.165) is 36.7 Å². The standard InChI is InChI=1S/C17H24N6/c1-12-7-9-18-16(19-12)20-13-8-10-23(11-13)15-6-5-14(21-22-15)17(2,3)4/h5-7,9,13H,8,10-11H2,1-4H3,(H,18,19,20). The Morgan fingerprint density at radius 3 is 2.65 bits per heavy atom. The third kappa shape index (κ3) is 3.75. The van der Waals surface area contributed by atoms with Crippen molar-refractivity contribution in [1.29, 1.82) is 0 Å². The van der Waals surface area contributed by atoms with Crippen molar-refractivity contribution < 1.29 is 0 Å². The molecule has 0 radical (unpaired) electrons. The summed E-state index contributed by atoms with van der Waals surface area (Å²) in [5.74, 6) is 1.64. The molecule has 2 aromatic rings. The molecular weight excluding hydrogens is 288 g/mol. The largest absolute Gasteiger partial charge is 0.353 e. The second kappa shape index (κ2) is 6.10. The second-order valence-electron chi connectivity index (χ2n) is 7.12. The maximum Gasteiger partial charge on any atom is 0.223 e. The van der Waals surface area contributed by atoms with E-state index in [4.69, 9.17) is 0 Å². The highest BCUT2D eigenvalue weighted by molar-refractivity contribution is 5.41. The second-order valence-corrected chi connectivity index (χ2v) is 7.12. The van der Waals surface area contributed by atoms with Gasteiger partial charge in [-0.05, 0) is 31.5 Å². The van der Waals surface area contributed by atoms with Crippen molar-refractivity contribution >= 4 is 11.8 Å². The summed E-state index contributed by atoms with van der Waals surface area (Å²) in [4.78, 5) is 10.9. The molecule has 1 N–H and O–H groups in total. The Bertz CT molecular complexity index is 662. The van der Waals surface area contributed by atoms with Gasteiger partial charge >= 0.3 is 0 Å². The molecule has 0 bridgehead atoms. The molecule has 1 saturated heterocycles. The minimum Gasteiger partial charge on any atom is -0.353 e. The summed E-state index contributed by atoms with van der Waals surface area (Å²) in [6, 6.07) is 6.38. The van der Waals surface area contributed by atoms with Gasteiger partial charge in [-0.2, -0.15) is 5.10 Å². The molecule has 1 atom stereocenters. The van der Waals surface area contributed by atoms with Gasteiger partial charge in [-0.1, -0.05) is 20.8 Å². The van der Waals surface area contributed by atoms with Crippen LogP contribution in [0.5, 0.6) is 0 Å². The van der Waals surface area contributed by atoms with Gasteiger partial charge in [0, 0.05) is 36.4 Å². The van der Waals surface area contributed by atoms with Crippen molar-refractivity contribution in [3.8, 4) is 0 Å². The van der Waals surface area contributed by atoms with Crippen LogP contribution in [0.15, 0.2) is 24.4 Å². The molecule has 0 amide bonds. The summed E-state index contributed by atoms with van der Waals surface area (Å²) in [7, 11) is 0. The average Bonchev–Trinajstić information content (AvgIpc) is 2.95. The van der Waals surface area contributed by atoms with Gasteiger partial charge in [0.25, 0.3) is 0 Å². The molecular formula is C17H24N6. The molecule has 0 aliphatic carbocycles. The van der Waals surface area contributed by atoms with Crippen molar-refractivity contribution in [1.82, 2.24) is 20.2 Å². The monoisotopic (exact) mass is 312 g/mol. The third-order valence-electron chi connectivity index (χ3n) is 4.06. The molecule has 6 heteroatoms. The third-order valence-corrected chi connectivity index (χ3v) is 4.06. The lowest BCUT2D eigenvalue weighted by Gasteiger charge is -2.20. The minimum absolute atomic E-state index is 0.0309. The van der Waals surface area contributed by atoms with Crippen LogP contribution in [0, 0.1) is 6.92 Å². The molecule has 1 fully saturated rings. The maximum absolute atomic E-state index is 4.40. The summed E-state index contributed by atoms with van der Waals surface area (Å²) in [5.41, 5.74) is 2.02. The quantitative estimate of drug-likeness (QED) is 0.939. The van der Waals surface area contributed by atoms with Crippen molar-refractivity contribution in [2.75, 3.05) is 23.3 Å². The average molecular weight is 312 g/mol. The predicted octanol–water partition coefficient (Wildman–Crippen LogP) is 2.56.